The molecule has 0 aromatic heterocycles. The van der Waals surface area contributed by atoms with Crippen LogP contribution < -0.4 is 0 Å². The van der Waals surface area contributed by atoms with E-state index in [1.807, 2.05) is 0 Å². The summed E-state index contributed by atoms with van der Waals surface area (Å²) in [6.07, 6.45) is 3.41. The number of ketones is 3. The van der Waals surface area contributed by atoms with Crippen LogP contribution in [0.2, 0.25) is 0 Å². The first kappa shape index (κ1) is 14.1. The zero-order chi connectivity index (χ0) is 15.0. The molecule has 2 aliphatic rings. The van der Waals surface area contributed by atoms with Crippen molar-refractivity contribution in [3.05, 3.63) is 35.4 Å². The SMILES string of the molecule is COC1CCC(C2C(=O)C(=O)c3ccccc3C2=O)CC1. The second-order valence-corrected chi connectivity index (χ2v) is 5.85. The number of hydrogen-bond acceptors (Lipinski definition) is 4. The van der Waals surface area contributed by atoms with Gasteiger partial charge in [-0.05, 0) is 31.6 Å². The highest BCUT2D eigenvalue weighted by Gasteiger charge is 2.44. The van der Waals surface area contributed by atoms with Crippen molar-refractivity contribution >= 4 is 17.3 Å². The molecule has 0 saturated heterocycles. The minimum absolute atomic E-state index is 0.0336. The molecule has 0 amide bonds. The van der Waals surface area contributed by atoms with Crippen molar-refractivity contribution in [1.82, 2.24) is 0 Å². The Bertz CT molecular complexity index is 597. The van der Waals surface area contributed by atoms with E-state index in [4.69, 9.17) is 4.74 Å². The van der Waals surface area contributed by atoms with Gasteiger partial charge in [-0.25, -0.2) is 0 Å². The van der Waals surface area contributed by atoms with Crippen LogP contribution in [0.5, 0.6) is 0 Å². The van der Waals surface area contributed by atoms with Gasteiger partial charge < -0.3 is 4.74 Å². The van der Waals surface area contributed by atoms with Crippen LogP contribution in [0.4, 0.5) is 0 Å². The fourth-order valence-electron chi connectivity index (χ4n) is 3.54. The lowest BCUT2D eigenvalue weighted by Crippen LogP contribution is -2.42. The highest BCUT2D eigenvalue weighted by atomic mass is 16.5. The molecule has 1 unspecified atom stereocenters. The molecule has 1 saturated carbocycles. The number of ether oxygens (including phenoxy) is 1. The van der Waals surface area contributed by atoms with Crippen LogP contribution in [0.25, 0.3) is 0 Å². The third-order valence-corrected chi connectivity index (χ3v) is 4.75. The molecule has 4 nitrogen and oxygen atoms in total. The molecule has 1 fully saturated rings. The Balaban J connectivity index is 1.89. The number of carbonyl (C=O) groups excluding carboxylic acids is 3. The van der Waals surface area contributed by atoms with Gasteiger partial charge >= 0.3 is 0 Å². The first-order valence-corrected chi connectivity index (χ1v) is 7.38. The van der Waals surface area contributed by atoms with Gasteiger partial charge in [-0.1, -0.05) is 24.3 Å². The second kappa shape index (κ2) is 5.53. The summed E-state index contributed by atoms with van der Waals surface area (Å²) in [7, 11) is 1.68. The van der Waals surface area contributed by atoms with E-state index in [9.17, 15) is 14.4 Å². The Morgan fingerprint density at radius 3 is 2.14 bits per heavy atom. The number of Topliss-reactive ketones (excluding diaryl/α,β-unsaturated/α-hetero) is 3. The third kappa shape index (κ3) is 2.33. The van der Waals surface area contributed by atoms with E-state index in [0.717, 1.165) is 25.7 Å². The molecular formula is C17H18O4. The average Bonchev–Trinajstić information content (AvgIpc) is 2.53. The molecular weight excluding hydrogens is 268 g/mol. The predicted octanol–water partition coefficient (Wildman–Crippen LogP) is 2.46. The number of carbonyl (C=O) groups is 3. The molecule has 0 N–H and O–H groups in total. The summed E-state index contributed by atoms with van der Waals surface area (Å²) in [6.45, 7) is 0. The van der Waals surface area contributed by atoms with Crippen LogP contribution in [0.3, 0.4) is 0 Å². The molecule has 0 radical (unpaired) electrons. The molecule has 110 valence electrons. The van der Waals surface area contributed by atoms with Gasteiger partial charge in [0.05, 0.1) is 12.0 Å². The maximum absolute atomic E-state index is 12.6. The van der Waals surface area contributed by atoms with E-state index in [2.05, 4.69) is 0 Å². The van der Waals surface area contributed by atoms with Crippen molar-refractivity contribution < 1.29 is 19.1 Å². The summed E-state index contributed by atoms with van der Waals surface area (Å²) < 4.78 is 5.32. The quantitative estimate of drug-likeness (QED) is 0.619. The summed E-state index contributed by atoms with van der Waals surface area (Å²) in [6, 6.07) is 6.63. The molecule has 0 heterocycles. The molecule has 1 atom stereocenters. The van der Waals surface area contributed by atoms with E-state index in [1.165, 1.54) is 0 Å². The number of rotatable bonds is 2. The van der Waals surface area contributed by atoms with Crippen molar-refractivity contribution in [3.8, 4) is 0 Å². The maximum Gasteiger partial charge on any atom is 0.230 e. The van der Waals surface area contributed by atoms with Crippen molar-refractivity contribution in [2.45, 2.75) is 31.8 Å². The molecule has 2 aliphatic carbocycles. The molecule has 0 spiro atoms. The molecule has 1 aromatic carbocycles. The van der Waals surface area contributed by atoms with Gasteiger partial charge in [0.15, 0.2) is 5.78 Å². The highest BCUT2D eigenvalue weighted by Crippen LogP contribution is 2.36. The molecule has 21 heavy (non-hydrogen) atoms. The van der Waals surface area contributed by atoms with Gasteiger partial charge in [-0.15, -0.1) is 0 Å². The number of fused-ring (bicyclic) bond motifs is 1. The highest BCUT2D eigenvalue weighted by molar-refractivity contribution is 6.51. The Hall–Kier alpha value is -1.81. The molecule has 3 rings (SSSR count). The second-order valence-electron chi connectivity index (χ2n) is 5.85. The number of hydrogen-bond donors (Lipinski definition) is 0. The smallest absolute Gasteiger partial charge is 0.230 e. The number of methoxy groups -OCH3 is 1. The molecule has 0 bridgehead atoms. The largest absolute Gasteiger partial charge is 0.381 e. The van der Waals surface area contributed by atoms with Crippen LogP contribution in [0.1, 0.15) is 46.4 Å². The van der Waals surface area contributed by atoms with Crippen molar-refractivity contribution in [2.24, 2.45) is 11.8 Å². The van der Waals surface area contributed by atoms with Crippen molar-refractivity contribution in [2.75, 3.05) is 7.11 Å². The van der Waals surface area contributed by atoms with E-state index < -0.39 is 17.5 Å². The standard InChI is InChI=1S/C17H18O4/c1-21-11-8-6-10(7-9-11)14-15(18)12-4-2-3-5-13(12)16(19)17(14)20/h2-5,10-11,14H,6-9H2,1H3. The first-order valence-electron chi connectivity index (χ1n) is 7.38. The summed E-state index contributed by atoms with van der Waals surface area (Å²) in [5.74, 6) is -2.04. The number of benzene rings is 1. The normalized spacial score (nSPS) is 29.4. The zero-order valence-corrected chi connectivity index (χ0v) is 12.0. The lowest BCUT2D eigenvalue weighted by Gasteiger charge is -2.33. The lowest BCUT2D eigenvalue weighted by atomic mass is 9.69. The van der Waals surface area contributed by atoms with Gasteiger partial charge in [0, 0.05) is 18.2 Å². The van der Waals surface area contributed by atoms with E-state index in [0.29, 0.717) is 5.56 Å². The summed E-state index contributed by atoms with van der Waals surface area (Å²) in [5.41, 5.74) is 0.662. The monoisotopic (exact) mass is 286 g/mol. The fourth-order valence-corrected chi connectivity index (χ4v) is 3.54. The van der Waals surface area contributed by atoms with Crippen LogP contribution in [-0.2, 0) is 9.53 Å². The zero-order valence-electron chi connectivity index (χ0n) is 12.0. The Labute approximate surface area is 123 Å². The first-order chi connectivity index (χ1) is 10.1. The van der Waals surface area contributed by atoms with Gasteiger partial charge in [0.2, 0.25) is 11.6 Å². The summed E-state index contributed by atoms with van der Waals surface area (Å²) in [4.78, 5) is 37.2. The Morgan fingerprint density at radius 2 is 1.52 bits per heavy atom. The van der Waals surface area contributed by atoms with Crippen molar-refractivity contribution in [3.63, 3.8) is 0 Å². The van der Waals surface area contributed by atoms with E-state index in [1.54, 1.807) is 31.4 Å². The minimum atomic E-state index is -0.787. The molecule has 1 aromatic rings. The topological polar surface area (TPSA) is 60.4 Å². The summed E-state index contributed by atoms with van der Waals surface area (Å²) in [5, 5.41) is 0. The average molecular weight is 286 g/mol. The van der Waals surface area contributed by atoms with Crippen LogP contribution in [0, 0.1) is 11.8 Å². The predicted molar refractivity (Wildman–Crippen MR) is 76.4 cm³/mol. The molecule has 4 heteroatoms. The Morgan fingerprint density at radius 1 is 0.905 bits per heavy atom. The van der Waals surface area contributed by atoms with Gasteiger partial charge in [-0.2, -0.15) is 0 Å². The third-order valence-electron chi connectivity index (χ3n) is 4.75. The van der Waals surface area contributed by atoms with Crippen LogP contribution in [0.15, 0.2) is 24.3 Å². The van der Waals surface area contributed by atoms with E-state index in [-0.39, 0.29) is 23.4 Å². The Kier molecular flexibility index (Phi) is 3.72. The summed E-state index contributed by atoms with van der Waals surface area (Å²) >= 11 is 0. The maximum atomic E-state index is 12.6. The minimum Gasteiger partial charge on any atom is -0.381 e. The van der Waals surface area contributed by atoms with Crippen LogP contribution >= 0.6 is 0 Å². The van der Waals surface area contributed by atoms with Crippen molar-refractivity contribution in [1.29, 1.82) is 0 Å². The van der Waals surface area contributed by atoms with E-state index >= 15 is 0 Å². The van der Waals surface area contributed by atoms with Crippen LogP contribution in [-0.4, -0.2) is 30.6 Å². The molecule has 0 aliphatic heterocycles. The van der Waals surface area contributed by atoms with Gasteiger partial charge in [0.1, 0.15) is 0 Å². The van der Waals surface area contributed by atoms with Gasteiger partial charge in [-0.3, -0.25) is 14.4 Å². The fraction of sp³-hybridized carbons (Fsp3) is 0.471. The van der Waals surface area contributed by atoms with Gasteiger partial charge in [0.25, 0.3) is 0 Å². The lowest BCUT2D eigenvalue weighted by molar-refractivity contribution is -0.119.